The van der Waals surface area contributed by atoms with Gasteiger partial charge in [-0.15, -0.1) is 0 Å². The zero-order chi connectivity index (χ0) is 16.3. The van der Waals surface area contributed by atoms with Gasteiger partial charge in [0.25, 0.3) is 0 Å². The Morgan fingerprint density at radius 1 is 1.30 bits per heavy atom. The molecule has 0 aromatic carbocycles. The van der Waals surface area contributed by atoms with Crippen LogP contribution in [0.3, 0.4) is 0 Å². The maximum atomic E-state index is 12.2. The van der Waals surface area contributed by atoms with Gasteiger partial charge in [-0.3, -0.25) is 9.38 Å². The Hall–Kier alpha value is -0.880. The SMILES string of the molecule is CCNC(=NCCCF)N1CCC(OCC2CCCCO2)CC1. The van der Waals surface area contributed by atoms with E-state index in [4.69, 9.17) is 9.47 Å². The monoisotopic (exact) mass is 329 g/mol. The number of nitrogens with one attached hydrogen (secondary N) is 1. The lowest BCUT2D eigenvalue weighted by Crippen LogP contribution is -2.47. The van der Waals surface area contributed by atoms with Crippen molar-refractivity contribution in [3.8, 4) is 0 Å². The molecular formula is C17H32FN3O2. The molecule has 2 rings (SSSR count). The number of nitrogens with zero attached hydrogens (tertiary/aromatic N) is 2. The van der Waals surface area contributed by atoms with Gasteiger partial charge in [-0.05, 0) is 45.4 Å². The molecule has 0 aromatic heterocycles. The van der Waals surface area contributed by atoms with Crippen LogP contribution in [-0.2, 0) is 9.47 Å². The Morgan fingerprint density at radius 3 is 2.78 bits per heavy atom. The molecule has 0 amide bonds. The average Bonchev–Trinajstić information content (AvgIpc) is 2.61. The summed E-state index contributed by atoms with van der Waals surface area (Å²) < 4.78 is 24.0. The van der Waals surface area contributed by atoms with Crippen molar-refractivity contribution in [2.24, 2.45) is 4.99 Å². The second kappa shape index (κ2) is 10.8. The number of ether oxygens (including phenoxy) is 2. The minimum absolute atomic E-state index is 0.293. The zero-order valence-electron chi connectivity index (χ0n) is 14.4. The Morgan fingerprint density at radius 2 is 2.13 bits per heavy atom. The Labute approximate surface area is 139 Å². The summed E-state index contributed by atoms with van der Waals surface area (Å²) in [7, 11) is 0. The highest BCUT2D eigenvalue weighted by Gasteiger charge is 2.23. The van der Waals surface area contributed by atoms with E-state index in [0.29, 0.717) is 25.2 Å². The van der Waals surface area contributed by atoms with E-state index in [9.17, 15) is 4.39 Å². The van der Waals surface area contributed by atoms with E-state index in [1.165, 1.54) is 12.8 Å². The largest absolute Gasteiger partial charge is 0.376 e. The summed E-state index contributed by atoms with van der Waals surface area (Å²) in [5.74, 6) is 0.912. The minimum atomic E-state index is -0.304. The maximum Gasteiger partial charge on any atom is 0.193 e. The quantitative estimate of drug-likeness (QED) is 0.442. The first-order valence-corrected chi connectivity index (χ1v) is 9.16. The molecule has 0 bridgehead atoms. The van der Waals surface area contributed by atoms with Crippen molar-refractivity contribution in [2.45, 2.75) is 57.7 Å². The number of aliphatic imine (C=N–C) groups is 1. The predicted molar refractivity (Wildman–Crippen MR) is 90.7 cm³/mol. The summed E-state index contributed by atoms with van der Waals surface area (Å²) in [4.78, 5) is 6.76. The Kier molecular flexibility index (Phi) is 8.68. The third kappa shape index (κ3) is 6.63. The molecule has 23 heavy (non-hydrogen) atoms. The number of piperidine rings is 1. The molecule has 5 nitrogen and oxygen atoms in total. The second-order valence-electron chi connectivity index (χ2n) is 6.29. The normalized spacial score (nSPS) is 24.0. The first kappa shape index (κ1) is 18.5. The molecule has 134 valence electrons. The minimum Gasteiger partial charge on any atom is -0.376 e. The van der Waals surface area contributed by atoms with E-state index in [2.05, 4.69) is 22.1 Å². The van der Waals surface area contributed by atoms with Crippen LogP contribution in [0, 0.1) is 0 Å². The van der Waals surface area contributed by atoms with Crippen molar-refractivity contribution < 1.29 is 13.9 Å². The fourth-order valence-corrected chi connectivity index (χ4v) is 3.09. The predicted octanol–water partition coefficient (Wildman–Crippen LogP) is 2.36. The lowest BCUT2D eigenvalue weighted by atomic mass is 10.1. The van der Waals surface area contributed by atoms with Crippen molar-refractivity contribution in [2.75, 3.05) is 46.1 Å². The second-order valence-corrected chi connectivity index (χ2v) is 6.29. The maximum absolute atomic E-state index is 12.2. The average molecular weight is 329 g/mol. The van der Waals surface area contributed by atoms with Gasteiger partial charge in [-0.2, -0.15) is 0 Å². The van der Waals surface area contributed by atoms with Crippen molar-refractivity contribution in [1.29, 1.82) is 0 Å². The van der Waals surface area contributed by atoms with E-state index in [0.717, 1.165) is 58.1 Å². The molecule has 1 N–H and O–H groups in total. The molecule has 6 heteroatoms. The van der Waals surface area contributed by atoms with Gasteiger partial charge in [-0.25, -0.2) is 0 Å². The number of rotatable bonds is 7. The van der Waals surface area contributed by atoms with Gasteiger partial charge in [0.2, 0.25) is 0 Å². The van der Waals surface area contributed by atoms with Gasteiger partial charge in [0.1, 0.15) is 0 Å². The number of likely N-dealkylation sites (tertiary alicyclic amines) is 1. The molecule has 0 spiro atoms. The highest BCUT2D eigenvalue weighted by Crippen LogP contribution is 2.18. The number of halogens is 1. The molecule has 2 heterocycles. The van der Waals surface area contributed by atoms with Crippen molar-refractivity contribution in [3.63, 3.8) is 0 Å². The molecule has 2 saturated heterocycles. The van der Waals surface area contributed by atoms with Crippen molar-refractivity contribution in [1.82, 2.24) is 10.2 Å². The van der Waals surface area contributed by atoms with Crippen molar-refractivity contribution in [3.05, 3.63) is 0 Å². The van der Waals surface area contributed by atoms with Crippen LogP contribution < -0.4 is 5.32 Å². The first-order valence-electron chi connectivity index (χ1n) is 9.16. The van der Waals surface area contributed by atoms with Gasteiger partial charge in [0.15, 0.2) is 5.96 Å². The number of hydrogen-bond donors (Lipinski definition) is 1. The van der Waals surface area contributed by atoms with Crippen LogP contribution in [0.15, 0.2) is 4.99 Å². The van der Waals surface area contributed by atoms with Crippen molar-refractivity contribution >= 4 is 5.96 Å². The molecule has 1 unspecified atom stereocenters. The molecule has 0 radical (unpaired) electrons. The van der Waals surface area contributed by atoms with E-state index >= 15 is 0 Å². The highest BCUT2D eigenvalue weighted by molar-refractivity contribution is 5.80. The van der Waals surface area contributed by atoms with Gasteiger partial charge in [0.05, 0.1) is 25.5 Å². The third-order valence-corrected chi connectivity index (χ3v) is 4.42. The van der Waals surface area contributed by atoms with Crippen LogP contribution in [-0.4, -0.2) is 69.1 Å². The molecule has 0 aromatic rings. The van der Waals surface area contributed by atoms with Crippen LogP contribution in [0.5, 0.6) is 0 Å². The van der Waals surface area contributed by atoms with Crippen LogP contribution >= 0.6 is 0 Å². The molecule has 2 aliphatic rings. The third-order valence-electron chi connectivity index (χ3n) is 4.42. The standard InChI is InChI=1S/C17H32FN3O2/c1-2-19-17(20-10-5-9-18)21-11-7-15(8-12-21)23-14-16-6-3-4-13-22-16/h15-16H,2-14H2,1H3,(H,19,20). The summed E-state index contributed by atoms with van der Waals surface area (Å²) in [5.41, 5.74) is 0. The van der Waals surface area contributed by atoms with Gasteiger partial charge in [0, 0.05) is 32.8 Å². The highest BCUT2D eigenvalue weighted by atomic mass is 19.1. The smallest absolute Gasteiger partial charge is 0.193 e. The summed E-state index contributed by atoms with van der Waals surface area (Å²) in [6.45, 7) is 6.64. The molecule has 0 aliphatic carbocycles. The Bertz CT molecular complexity index is 341. The van der Waals surface area contributed by atoms with Gasteiger partial charge >= 0.3 is 0 Å². The lowest BCUT2D eigenvalue weighted by molar-refractivity contribution is -0.0721. The molecule has 2 aliphatic heterocycles. The van der Waals surface area contributed by atoms with Crippen LogP contribution in [0.4, 0.5) is 4.39 Å². The summed E-state index contributed by atoms with van der Waals surface area (Å²) in [6, 6.07) is 0. The molecular weight excluding hydrogens is 297 g/mol. The molecule has 2 fully saturated rings. The fraction of sp³-hybridized carbons (Fsp3) is 0.941. The summed E-state index contributed by atoms with van der Waals surface area (Å²) in [5, 5.41) is 3.30. The van der Waals surface area contributed by atoms with Crippen LogP contribution in [0.1, 0.15) is 45.4 Å². The van der Waals surface area contributed by atoms with Gasteiger partial charge < -0.3 is 19.7 Å². The van der Waals surface area contributed by atoms with E-state index in [1.807, 2.05) is 0 Å². The topological polar surface area (TPSA) is 46.1 Å². The molecule has 1 atom stereocenters. The van der Waals surface area contributed by atoms with E-state index in [1.54, 1.807) is 0 Å². The lowest BCUT2D eigenvalue weighted by Gasteiger charge is -2.35. The number of hydrogen-bond acceptors (Lipinski definition) is 3. The zero-order valence-corrected chi connectivity index (χ0v) is 14.4. The summed E-state index contributed by atoms with van der Waals surface area (Å²) in [6.07, 6.45) is 6.71. The van der Waals surface area contributed by atoms with Gasteiger partial charge in [-0.1, -0.05) is 0 Å². The number of guanidine groups is 1. The summed E-state index contributed by atoms with van der Waals surface area (Å²) >= 11 is 0. The van der Waals surface area contributed by atoms with Crippen LogP contribution in [0.2, 0.25) is 0 Å². The van der Waals surface area contributed by atoms with E-state index in [-0.39, 0.29) is 6.67 Å². The van der Waals surface area contributed by atoms with E-state index < -0.39 is 0 Å². The first-order chi connectivity index (χ1) is 11.3. The Balaban J connectivity index is 1.69. The molecule has 0 saturated carbocycles. The fourth-order valence-electron chi connectivity index (χ4n) is 3.09. The number of alkyl halides is 1. The van der Waals surface area contributed by atoms with Crippen LogP contribution in [0.25, 0.3) is 0 Å².